The standard InChI is InChI=1S/C28H24F6N2O4/c1-40-24-12-17(7-8-22(24)31)27(14-16-5-3-2-4-6-16,18-9-19(28(32,33)34)11-20(29)10-18)35-26(39)36-15-21(30)13-23(36)25(37)38/h2-12,21,23H,13-15H2,1H3,(H,35,39)(H,37,38)/t21-,23+,27-/m1/s1. The van der Waals surface area contributed by atoms with Crippen LogP contribution in [0.3, 0.4) is 0 Å². The molecular formula is C28H24F6N2O4. The molecule has 0 bridgehead atoms. The molecule has 40 heavy (non-hydrogen) atoms. The summed E-state index contributed by atoms with van der Waals surface area (Å²) >= 11 is 0. The predicted molar refractivity (Wildman–Crippen MR) is 131 cm³/mol. The van der Waals surface area contributed by atoms with E-state index in [1.807, 2.05) is 0 Å². The van der Waals surface area contributed by atoms with Gasteiger partial charge in [0.25, 0.3) is 0 Å². The third-order valence-corrected chi connectivity index (χ3v) is 6.79. The number of alkyl halides is 4. The Bertz CT molecular complexity index is 1400. The van der Waals surface area contributed by atoms with E-state index in [0.717, 1.165) is 30.2 Å². The number of benzene rings is 3. The van der Waals surface area contributed by atoms with E-state index in [1.165, 1.54) is 6.07 Å². The second-order valence-electron chi connectivity index (χ2n) is 9.41. The summed E-state index contributed by atoms with van der Waals surface area (Å²) in [7, 11) is 1.16. The Hall–Kier alpha value is -4.22. The number of likely N-dealkylation sites (tertiary alicyclic amines) is 1. The number of rotatable bonds is 7. The summed E-state index contributed by atoms with van der Waals surface area (Å²) in [6, 6.07) is 10.5. The summed E-state index contributed by atoms with van der Waals surface area (Å²) in [5.41, 5.74) is -3.27. The van der Waals surface area contributed by atoms with Crippen LogP contribution in [0.5, 0.6) is 5.75 Å². The number of carbonyl (C=O) groups is 2. The molecule has 1 fully saturated rings. The number of halogens is 6. The molecule has 0 spiro atoms. The summed E-state index contributed by atoms with van der Waals surface area (Å²) in [5, 5.41) is 12.1. The van der Waals surface area contributed by atoms with Crippen LogP contribution in [0.4, 0.5) is 31.1 Å². The van der Waals surface area contributed by atoms with Crippen LogP contribution in [0, 0.1) is 11.6 Å². The molecular weight excluding hydrogens is 542 g/mol. The molecule has 1 saturated heterocycles. The minimum atomic E-state index is -4.97. The average molecular weight is 566 g/mol. The van der Waals surface area contributed by atoms with E-state index in [9.17, 15) is 41.0 Å². The van der Waals surface area contributed by atoms with E-state index < -0.39 is 66.1 Å². The van der Waals surface area contributed by atoms with Crippen molar-refractivity contribution in [3.8, 4) is 5.75 Å². The zero-order valence-electron chi connectivity index (χ0n) is 21.0. The molecule has 3 aromatic carbocycles. The quantitative estimate of drug-likeness (QED) is 0.361. The first-order valence-corrected chi connectivity index (χ1v) is 12.1. The number of carbonyl (C=O) groups excluding carboxylic acids is 1. The fraction of sp³-hybridized carbons (Fsp3) is 0.286. The molecule has 0 radical (unpaired) electrons. The highest BCUT2D eigenvalue weighted by atomic mass is 19.4. The molecule has 0 aliphatic carbocycles. The molecule has 1 aliphatic rings. The van der Waals surface area contributed by atoms with Crippen LogP contribution in [-0.4, -0.2) is 47.9 Å². The van der Waals surface area contributed by atoms with Gasteiger partial charge < -0.3 is 20.1 Å². The Balaban J connectivity index is 1.99. The van der Waals surface area contributed by atoms with Crippen molar-refractivity contribution in [2.45, 2.75) is 36.8 Å². The molecule has 0 saturated carbocycles. The number of amides is 2. The zero-order valence-corrected chi connectivity index (χ0v) is 21.0. The summed E-state index contributed by atoms with van der Waals surface area (Å²) < 4.78 is 89.9. The molecule has 0 unspecified atom stereocenters. The number of urea groups is 1. The lowest BCUT2D eigenvalue weighted by molar-refractivity contribution is -0.141. The Morgan fingerprint density at radius 1 is 1.00 bits per heavy atom. The molecule has 3 aromatic rings. The molecule has 12 heteroatoms. The number of carboxylic acid groups (broad SMARTS) is 1. The smallest absolute Gasteiger partial charge is 0.416 e. The third-order valence-electron chi connectivity index (χ3n) is 6.79. The van der Waals surface area contributed by atoms with Crippen LogP contribution < -0.4 is 10.1 Å². The van der Waals surface area contributed by atoms with Crippen LogP contribution in [0.1, 0.15) is 28.7 Å². The number of hydrogen-bond donors (Lipinski definition) is 2. The van der Waals surface area contributed by atoms with Gasteiger partial charge in [0, 0.05) is 12.8 Å². The number of nitrogens with one attached hydrogen (secondary N) is 1. The predicted octanol–water partition coefficient (Wildman–Crippen LogP) is 5.69. The number of aliphatic carboxylic acids is 1. The van der Waals surface area contributed by atoms with Crippen LogP contribution in [0.15, 0.2) is 66.7 Å². The van der Waals surface area contributed by atoms with E-state index in [2.05, 4.69) is 5.32 Å². The van der Waals surface area contributed by atoms with Crippen molar-refractivity contribution in [2.75, 3.05) is 13.7 Å². The Morgan fingerprint density at radius 3 is 2.30 bits per heavy atom. The highest BCUT2D eigenvalue weighted by Gasteiger charge is 2.45. The summed E-state index contributed by atoms with van der Waals surface area (Å²) in [5.74, 6) is -3.87. The fourth-order valence-electron chi connectivity index (χ4n) is 4.88. The molecule has 2 N–H and O–H groups in total. The van der Waals surface area contributed by atoms with Gasteiger partial charge in [0.05, 0.1) is 24.8 Å². The maximum absolute atomic E-state index is 14.8. The molecule has 1 heterocycles. The normalized spacial score (nSPS) is 18.7. The molecule has 3 atom stereocenters. The van der Waals surface area contributed by atoms with Crippen LogP contribution in [0.2, 0.25) is 0 Å². The number of hydrogen-bond acceptors (Lipinski definition) is 3. The molecule has 4 rings (SSSR count). The highest BCUT2D eigenvalue weighted by Crippen LogP contribution is 2.40. The van der Waals surface area contributed by atoms with E-state index in [4.69, 9.17) is 4.74 Å². The van der Waals surface area contributed by atoms with Crippen molar-refractivity contribution >= 4 is 12.0 Å². The number of nitrogens with zero attached hydrogens (tertiary/aromatic N) is 1. The van der Waals surface area contributed by atoms with Crippen LogP contribution >= 0.6 is 0 Å². The fourth-order valence-corrected chi connectivity index (χ4v) is 4.88. The second-order valence-corrected chi connectivity index (χ2v) is 9.41. The van der Waals surface area contributed by atoms with E-state index in [0.29, 0.717) is 17.7 Å². The molecule has 0 aromatic heterocycles. The first-order chi connectivity index (χ1) is 18.8. The topological polar surface area (TPSA) is 78.9 Å². The van der Waals surface area contributed by atoms with E-state index in [1.54, 1.807) is 30.3 Å². The first-order valence-electron chi connectivity index (χ1n) is 12.1. The SMILES string of the molecule is COc1cc([C@@](Cc2ccccc2)(NC(=O)N2C[C@H](F)C[C@H]2C(=O)O)c2cc(F)cc(C(F)(F)F)c2)ccc1F. The lowest BCUT2D eigenvalue weighted by Gasteiger charge is -2.38. The third kappa shape index (κ3) is 5.85. The van der Waals surface area contributed by atoms with Crippen molar-refractivity contribution in [3.05, 3.63) is 101 Å². The van der Waals surface area contributed by atoms with Crippen molar-refractivity contribution in [1.82, 2.24) is 10.2 Å². The number of carboxylic acids is 1. The Labute approximate surface area is 225 Å². The number of ether oxygens (including phenoxy) is 1. The highest BCUT2D eigenvalue weighted by molar-refractivity contribution is 5.84. The van der Waals surface area contributed by atoms with E-state index in [-0.39, 0.29) is 23.3 Å². The maximum Gasteiger partial charge on any atom is 0.416 e. The largest absolute Gasteiger partial charge is 0.494 e. The zero-order chi connectivity index (χ0) is 29.2. The number of methoxy groups -OCH3 is 1. The van der Waals surface area contributed by atoms with Gasteiger partial charge in [0.1, 0.15) is 18.0 Å². The maximum atomic E-state index is 14.8. The van der Waals surface area contributed by atoms with Crippen LogP contribution in [0.25, 0.3) is 0 Å². The van der Waals surface area contributed by atoms with Crippen molar-refractivity contribution in [2.24, 2.45) is 0 Å². The van der Waals surface area contributed by atoms with Gasteiger partial charge >= 0.3 is 18.2 Å². The first kappa shape index (κ1) is 28.8. The molecule has 1 aliphatic heterocycles. The Kier molecular flexibility index (Phi) is 7.99. The lowest BCUT2D eigenvalue weighted by Crippen LogP contribution is -2.55. The van der Waals surface area contributed by atoms with Gasteiger partial charge in [-0.15, -0.1) is 0 Å². The van der Waals surface area contributed by atoms with Crippen molar-refractivity contribution in [1.29, 1.82) is 0 Å². The van der Waals surface area contributed by atoms with Crippen molar-refractivity contribution in [3.63, 3.8) is 0 Å². The average Bonchev–Trinajstić information content (AvgIpc) is 3.30. The minimum absolute atomic E-state index is 0.00421. The minimum Gasteiger partial charge on any atom is -0.494 e. The summed E-state index contributed by atoms with van der Waals surface area (Å²) in [6.45, 7) is -0.589. The van der Waals surface area contributed by atoms with Crippen LogP contribution in [-0.2, 0) is 22.9 Å². The van der Waals surface area contributed by atoms with Gasteiger partial charge in [-0.2, -0.15) is 13.2 Å². The summed E-state index contributed by atoms with van der Waals surface area (Å²) in [4.78, 5) is 26.1. The second kappa shape index (κ2) is 11.1. The molecule has 6 nitrogen and oxygen atoms in total. The molecule has 212 valence electrons. The summed E-state index contributed by atoms with van der Waals surface area (Å²) in [6.07, 6.45) is -7.39. The van der Waals surface area contributed by atoms with Gasteiger partial charge in [-0.05, 0) is 47.0 Å². The molecule has 2 amide bonds. The van der Waals surface area contributed by atoms with Gasteiger partial charge in [0.2, 0.25) is 0 Å². The Morgan fingerprint density at radius 2 is 1.68 bits per heavy atom. The van der Waals surface area contributed by atoms with Crippen molar-refractivity contribution < 1.29 is 45.8 Å². The van der Waals surface area contributed by atoms with E-state index >= 15 is 0 Å². The van der Waals surface area contributed by atoms with Gasteiger partial charge in [-0.3, -0.25) is 0 Å². The van der Waals surface area contributed by atoms with Gasteiger partial charge in [-0.25, -0.2) is 22.8 Å². The van der Waals surface area contributed by atoms with Gasteiger partial charge in [0.15, 0.2) is 11.6 Å². The monoisotopic (exact) mass is 566 g/mol. The van der Waals surface area contributed by atoms with Gasteiger partial charge in [-0.1, -0.05) is 36.4 Å². The lowest BCUT2D eigenvalue weighted by atomic mass is 9.77.